The lowest BCUT2D eigenvalue weighted by Crippen LogP contribution is -2.00. The summed E-state index contributed by atoms with van der Waals surface area (Å²) in [7, 11) is 0. The molecule has 0 saturated heterocycles. The van der Waals surface area contributed by atoms with Crippen LogP contribution in [0.15, 0.2) is 182 Å². The molecule has 0 unspecified atom stereocenters. The number of fused-ring (bicyclic) bond motifs is 5. The first-order valence-corrected chi connectivity index (χ1v) is 17.6. The van der Waals surface area contributed by atoms with E-state index in [9.17, 15) is 0 Å². The van der Waals surface area contributed by atoms with Gasteiger partial charge in [0.1, 0.15) is 5.65 Å². The van der Waals surface area contributed by atoms with Crippen LogP contribution in [-0.2, 0) is 0 Å². The van der Waals surface area contributed by atoms with Crippen LogP contribution in [0.2, 0.25) is 0 Å². The number of aromatic nitrogens is 6. The van der Waals surface area contributed by atoms with Gasteiger partial charge in [-0.25, -0.2) is 24.9 Å². The molecule has 0 bridgehead atoms. The van der Waals surface area contributed by atoms with Crippen LogP contribution in [0, 0.1) is 0 Å². The third kappa shape index (κ3) is 5.41. The number of hydrogen-bond donors (Lipinski definition) is 0. The number of para-hydroxylation sites is 1. The highest BCUT2D eigenvalue weighted by Gasteiger charge is 2.21. The molecule has 10 aromatic rings. The molecule has 6 heteroatoms. The van der Waals surface area contributed by atoms with E-state index in [1.807, 2.05) is 78.9 Å². The summed E-state index contributed by atoms with van der Waals surface area (Å²) < 4.78 is 2.23. The second-order valence-corrected chi connectivity index (χ2v) is 12.9. The van der Waals surface area contributed by atoms with Crippen molar-refractivity contribution >= 4 is 27.3 Å². The zero-order chi connectivity index (χ0) is 35.1. The third-order valence-corrected chi connectivity index (χ3v) is 9.67. The Bertz CT molecular complexity index is 2850. The zero-order valence-corrected chi connectivity index (χ0v) is 28.5. The fraction of sp³-hybridized carbons (Fsp3) is 0. The van der Waals surface area contributed by atoms with Crippen molar-refractivity contribution < 1.29 is 0 Å². The van der Waals surface area contributed by atoms with Gasteiger partial charge in [-0.05, 0) is 12.1 Å². The Labute approximate surface area is 305 Å². The van der Waals surface area contributed by atoms with Crippen molar-refractivity contribution in [3.8, 4) is 67.9 Å². The minimum Gasteiger partial charge on any atom is -0.298 e. The largest absolute Gasteiger partial charge is 0.298 e. The van der Waals surface area contributed by atoms with Gasteiger partial charge in [-0.3, -0.25) is 4.40 Å². The number of hydrogen-bond acceptors (Lipinski definition) is 5. The molecule has 0 spiro atoms. The Kier molecular flexibility index (Phi) is 7.36. The Morgan fingerprint density at radius 2 is 0.774 bits per heavy atom. The summed E-state index contributed by atoms with van der Waals surface area (Å²) in [4.78, 5) is 25.4. The van der Waals surface area contributed by atoms with E-state index in [-0.39, 0.29) is 0 Å². The fourth-order valence-corrected chi connectivity index (χ4v) is 7.14. The van der Waals surface area contributed by atoms with Crippen molar-refractivity contribution in [1.82, 2.24) is 29.3 Å². The minimum absolute atomic E-state index is 0.615. The molecule has 0 radical (unpaired) electrons. The molecule has 4 heterocycles. The second-order valence-electron chi connectivity index (χ2n) is 12.9. The maximum Gasteiger partial charge on any atom is 0.164 e. The summed E-state index contributed by atoms with van der Waals surface area (Å²) in [5.41, 5.74) is 10.6. The van der Waals surface area contributed by atoms with Gasteiger partial charge in [0.2, 0.25) is 0 Å². The second kappa shape index (κ2) is 12.8. The van der Waals surface area contributed by atoms with Crippen molar-refractivity contribution in [1.29, 1.82) is 0 Å². The van der Waals surface area contributed by atoms with E-state index in [1.54, 1.807) is 0 Å². The highest BCUT2D eigenvalue weighted by atomic mass is 15.0. The summed E-state index contributed by atoms with van der Waals surface area (Å²) in [6.45, 7) is 0. The normalized spacial score (nSPS) is 11.4. The van der Waals surface area contributed by atoms with Crippen molar-refractivity contribution in [2.45, 2.75) is 0 Å². The zero-order valence-electron chi connectivity index (χ0n) is 28.5. The molecule has 10 rings (SSSR count). The van der Waals surface area contributed by atoms with Gasteiger partial charge in [-0.15, -0.1) is 0 Å². The number of imidazole rings is 1. The van der Waals surface area contributed by atoms with Gasteiger partial charge in [0.25, 0.3) is 0 Å². The summed E-state index contributed by atoms with van der Waals surface area (Å²) in [5, 5.41) is 3.20. The van der Waals surface area contributed by atoms with Gasteiger partial charge in [0.15, 0.2) is 17.5 Å². The summed E-state index contributed by atoms with van der Waals surface area (Å²) in [6.07, 6.45) is 2.13. The quantitative estimate of drug-likeness (QED) is 0.164. The smallest absolute Gasteiger partial charge is 0.164 e. The topological polar surface area (TPSA) is 68.9 Å². The molecule has 0 aliphatic rings. The van der Waals surface area contributed by atoms with Crippen LogP contribution in [0.25, 0.3) is 95.3 Å². The van der Waals surface area contributed by atoms with Gasteiger partial charge in [0, 0.05) is 55.7 Å². The van der Waals surface area contributed by atoms with Crippen LogP contribution in [0.3, 0.4) is 0 Å². The van der Waals surface area contributed by atoms with Crippen molar-refractivity contribution in [2.75, 3.05) is 0 Å². The van der Waals surface area contributed by atoms with Crippen molar-refractivity contribution in [2.24, 2.45) is 0 Å². The lowest BCUT2D eigenvalue weighted by atomic mass is 10.0. The Morgan fingerprint density at radius 3 is 1.34 bits per heavy atom. The maximum absolute atomic E-state index is 5.45. The molecule has 0 aliphatic carbocycles. The molecule has 53 heavy (non-hydrogen) atoms. The third-order valence-electron chi connectivity index (χ3n) is 9.67. The Balaban J connectivity index is 1.18. The van der Waals surface area contributed by atoms with E-state index < -0.39 is 0 Å². The van der Waals surface area contributed by atoms with Gasteiger partial charge in [0.05, 0.1) is 22.6 Å². The molecule has 0 aliphatic heterocycles. The average Bonchev–Trinajstić information content (AvgIpc) is 3.64. The highest BCUT2D eigenvalue weighted by Crippen LogP contribution is 2.40. The van der Waals surface area contributed by atoms with Gasteiger partial charge >= 0.3 is 0 Å². The predicted molar refractivity (Wildman–Crippen MR) is 214 cm³/mol. The first-order valence-electron chi connectivity index (χ1n) is 17.6. The molecule has 4 aromatic heterocycles. The monoisotopic (exact) mass is 678 g/mol. The van der Waals surface area contributed by atoms with E-state index in [0.717, 1.165) is 77.8 Å². The molecular formula is C47H30N6. The van der Waals surface area contributed by atoms with Crippen molar-refractivity contribution in [3.05, 3.63) is 182 Å². The standard InChI is InChI=1S/C47H30N6/c1-5-15-31(16-6-1)41-38-29-30-53-43(42(32-17-7-2-8-18-32)49-47(53)40(38)37-23-13-14-24-39(37)48-41)33-25-27-36(28-26-33)46-51-44(34-19-9-3-10-20-34)50-45(52-46)35-21-11-4-12-22-35/h1-30H. The van der Waals surface area contributed by atoms with E-state index in [2.05, 4.69) is 108 Å². The van der Waals surface area contributed by atoms with Crippen LogP contribution < -0.4 is 0 Å². The van der Waals surface area contributed by atoms with Crippen LogP contribution >= 0.6 is 0 Å². The number of pyridine rings is 2. The van der Waals surface area contributed by atoms with E-state index in [1.165, 1.54) is 0 Å². The van der Waals surface area contributed by atoms with E-state index >= 15 is 0 Å². The maximum atomic E-state index is 5.45. The summed E-state index contributed by atoms with van der Waals surface area (Å²) >= 11 is 0. The Morgan fingerprint density at radius 1 is 0.321 bits per heavy atom. The van der Waals surface area contributed by atoms with Crippen molar-refractivity contribution in [3.63, 3.8) is 0 Å². The lowest BCUT2D eigenvalue weighted by molar-refractivity contribution is 1.07. The first-order chi connectivity index (χ1) is 26.3. The van der Waals surface area contributed by atoms with Gasteiger partial charge in [-0.2, -0.15) is 0 Å². The molecule has 0 atom stereocenters. The average molecular weight is 679 g/mol. The molecule has 0 amide bonds. The van der Waals surface area contributed by atoms with Crippen LogP contribution in [-0.4, -0.2) is 29.3 Å². The molecule has 6 aromatic carbocycles. The Hall–Kier alpha value is -7.31. The molecule has 0 fully saturated rings. The van der Waals surface area contributed by atoms with E-state index in [0.29, 0.717) is 17.5 Å². The molecule has 248 valence electrons. The summed E-state index contributed by atoms with van der Waals surface area (Å²) in [5.74, 6) is 1.88. The molecule has 6 nitrogen and oxygen atoms in total. The molecule has 0 saturated carbocycles. The number of rotatable bonds is 6. The summed E-state index contributed by atoms with van der Waals surface area (Å²) in [6, 6.07) is 59.9. The first kappa shape index (κ1) is 30.5. The number of benzene rings is 6. The predicted octanol–water partition coefficient (Wildman–Crippen LogP) is 11.2. The van der Waals surface area contributed by atoms with Crippen LogP contribution in [0.1, 0.15) is 0 Å². The molecule has 0 N–H and O–H groups in total. The van der Waals surface area contributed by atoms with Crippen LogP contribution in [0.4, 0.5) is 0 Å². The fourth-order valence-electron chi connectivity index (χ4n) is 7.14. The SMILES string of the molecule is c1ccc(-c2nc(-c3ccccc3)nc(-c3ccc(-c4c(-c5ccccc5)nc5c6c(ccn45)c(-c4ccccc4)nc4ccccc46)cc3)n2)cc1. The van der Waals surface area contributed by atoms with Gasteiger partial charge in [-0.1, -0.05) is 164 Å². The highest BCUT2D eigenvalue weighted by molar-refractivity contribution is 6.17. The van der Waals surface area contributed by atoms with Crippen LogP contribution in [0.5, 0.6) is 0 Å². The van der Waals surface area contributed by atoms with Gasteiger partial charge < -0.3 is 0 Å². The van der Waals surface area contributed by atoms with E-state index in [4.69, 9.17) is 24.9 Å². The number of nitrogens with zero attached hydrogens (tertiary/aromatic N) is 6. The lowest BCUT2D eigenvalue weighted by Gasteiger charge is -2.12. The minimum atomic E-state index is 0.615. The molecular weight excluding hydrogens is 649 g/mol.